The first-order valence-corrected chi connectivity index (χ1v) is 5.11. The van der Waals surface area contributed by atoms with Crippen LogP contribution in [0.4, 0.5) is 0 Å². The number of benzene rings is 1. The maximum atomic E-state index is 5.95. The van der Waals surface area contributed by atoms with Gasteiger partial charge in [0.15, 0.2) is 0 Å². The fourth-order valence-electron chi connectivity index (χ4n) is 0.949. The number of hydrogen-bond donors (Lipinski definition) is 1. The van der Waals surface area contributed by atoms with E-state index in [1.165, 1.54) is 5.56 Å². The molecule has 0 fully saturated rings. The van der Waals surface area contributed by atoms with E-state index in [4.69, 9.17) is 11.6 Å². The lowest BCUT2D eigenvalue weighted by Crippen LogP contribution is -1.79. The predicted molar refractivity (Wildman–Crippen MR) is 61.5 cm³/mol. The van der Waals surface area contributed by atoms with Gasteiger partial charge in [-0.25, -0.2) is 0 Å². The number of hydrogen-bond acceptors (Lipinski definition) is 1. The van der Waals surface area contributed by atoms with Crippen LogP contribution >= 0.6 is 24.2 Å². The van der Waals surface area contributed by atoms with Crippen molar-refractivity contribution in [3.05, 3.63) is 34.3 Å². The van der Waals surface area contributed by atoms with Gasteiger partial charge in [-0.3, -0.25) is 0 Å². The summed E-state index contributed by atoms with van der Waals surface area (Å²) in [4.78, 5) is 0. The number of halogens is 1. The number of thiol groups is 1. The second-order valence-electron chi connectivity index (χ2n) is 2.76. The third-order valence-electron chi connectivity index (χ3n) is 1.58. The molecular formula is C11H11ClS. The van der Waals surface area contributed by atoms with E-state index in [1.54, 1.807) is 0 Å². The molecule has 0 atom stereocenters. The number of rotatable bonds is 1. The molecule has 0 N–H and O–H groups in total. The zero-order valence-corrected chi connectivity index (χ0v) is 9.12. The lowest BCUT2D eigenvalue weighted by Gasteiger charge is -1.96. The van der Waals surface area contributed by atoms with Crippen LogP contribution in [0.1, 0.15) is 17.5 Å². The molecule has 0 aliphatic rings. The zero-order valence-electron chi connectivity index (χ0n) is 7.47. The van der Waals surface area contributed by atoms with E-state index in [2.05, 4.69) is 24.5 Å². The van der Waals surface area contributed by atoms with Crippen molar-refractivity contribution >= 4 is 24.2 Å². The third-order valence-corrected chi connectivity index (χ3v) is 2.13. The van der Waals surface area contributed by atoms with Crippen LogP contribution in [0.25, 0.3) is 0 Å². The maximum absolute atomic E-state index is 5.95. The largest absolute Gasteiger partial charge is 0.178 e. The van der Waals surface area contributed by atoms with Gasteiger partial charge in [-0.05, 0) is 24.6 Å². The monoisotopic (exact) mass is 210 g/mol. The van der Waals surface area contributed by atoms with Gasteiger partial charge in [-0.2, -0.15) is 12.6 Å². The van der Waals surface area contributed by atoms with E-state index in [0.29, 0.717) is 0 Å². The van der Waals surface area contributed by atoms with Gasteiger partial charge in [0.05, 0.1) is 5.02 Å². The van der Waals surface area contributed by atoms with E-state index in [1.807, 2.05) is 25.1 Å². The molecule has 0 heterocycles. The molecule has 0 saturated carbocycles. The molecule has 68 valence electrons. The Labute approximate surface area is 89.7 Å². The van der Waals surface area contributed by atoms with Crippen molar-refractivity contribution in [1.82, 2.24) is 0 Å². The van der Waals surface area contributed by atoms with Gasteiger partial charge in [0.2, 0.25) is 0 Å². The van der Waals surface area contributed by atoms with E-state index in [9.17, 15) is 0 Å². The molecule has 13 heavy (non-hydrogen) atoms. The summed E-state index contributed by atoms with van der Waals surface area (Å²) in [5, 5.41) is 0.720. The van der Waals surface area contributed by atoms with Crippen LogP contribution in [0.15, 0.2) is 18.2 Å². The molecule has 1 aromatic carbocycles. The second kappa shape index (κ2) is 5.21. The van der Waals surface area contributed by atoms with Crippen molar-refractivity contribution in [2.24, 2.45) is 0 Å². The zero-order chi connectivity index (χ0) is 9.68. The molecule has 0 aliphatic carbocycles. The molecule has 2 heteroatoms. The van der Waals surface area contributed by atoms with Crippen molar-refractivity contribution in [3.63, 3.8) is 0 Å². The normalized spacial score (nSPS) is 9.15. The van der Waals surface area contributed by atoms with Crippen LogP contribution in [0, 0.1) is 18.8 Å². The highest BCUT2D eigenvalue weighted by atomic mass is 35.5. The average molecular weight is 211 g/mol. The topological polar surface area (TPSA) is 0 Å². The van der Waals surface area contributed by atoms with E-state index in [-0.39, 0.29) is 0 Å². The highest BCUT2D eigenvalue weighted by Crippen LogP contribution is 2.15. The summed E-state index contributed by atoms with van der Waals surface area (Å²) >= 11 is 10.0. The Hall–Kier alpha value is -0.580. The van der Waals surface area contributed by atoms with Crippen molar-refractivity contribution in [2.75, 3.05) is 5.75 Å². The van der Waals surface area contributed by atoms with Gasteiger partial charge < -0.3 is 0 Å². The van der Waals surface area contributed by atoms with Crippen LogP contribution < -0.4 is 0 Å². The Morgan fingerprint density at radius 2 is 2.23 bits per heavy atom. The highest BCUT2D eigenvalue weighted by molar-refractivity contribution is 7.80. The predicted octanol–water partition coefficient (Wildman–Crippen LogP) is 3.32. The molecule has 0 amide bonds. The maximum Gasteiger partial charge on any atom is 0.0562 e. The molecule has 0 aromatic heterocycles. The van der Waals surface area contributed by atoms with Crippen LogP contribution in [0.5, 0.6) is 0 Å². The van der Waals surface area contributed by atoms with Crippen molar-refractivity contribution in [2.45, 2.75) is 13.3 Å². The van der Waals surface area contributed by atoms with Gasteiger partial charge in [0, 0.05) is 17.7 Å². The minimum Gasteiger partial charge on any atom is -0.178 e. The molecule has 0 radical (unpaired) electrons. The number of aryl methyl sites for hydroxylation is 1. The molecular weight excluding hydrogens is 200 g/mol. The Kier molecular flexibility index (Phi) is 4.21. The van der Waals surface area contributed by atoms with Crippen molar-refractivity contribution in [1.29, 1.82) is 0 Å². The molecule has 0 saturated heterocycles. The molecule has 0 bridgehead atoms. The summed E-state index contributed by atoms with van der Waals surface area (Å²) in [5.74, 6) is 6.82. The highest BCUT2D eigenvalue weighted by Gasteiger charge is 1.95. The van der Waals surface area contributed by atoms with Crippen molar-refractivity contribution < 1.29 is 0 Å². The molecule has 0 unspecified atom stereocenters. The lowest BCUT2D eigenvalue weighted by atomic mass is 10.1. The van der Waals surface area contributed by atoms with Crippen LogP contribution in [-0.4, -0.2) is 5.75 Å². The Balaban J connectivity index is 2.89. The average Bonchev–Trinajstić information content (AvgIpc) is 2.11. The molecule has 1 aromatic rings. The fourth-order valence-corrected chi connectivity index (χ4v) is 1.23. The lowest BCUT2D eigenvalue weighted by molar-refractivity contribution is 1.31. The summed E-state index contributed by atoms with van der Waals surface area (Å²) in [6.07, 6.45) is 0.799. The molecule has 1 rings (SSSR count). The standard InChI is InChI=1S/C11H11ClS/c1-9-5-6-11(12)10(8-9)4-2-3-7-13/h5-6,8,13H,3,7H2,1H3. The van der Waals surface area contributed by atoms with Gasteiger partial charge in [-0.1, -0.05) is 29.5 Å². The summed E-state index contributed by atoms with van der Waals surface area (Å²) in [6.45, 7) is 2.03. The second-order valence-corrected chi connectivity index (χ2v) is 3.61. The van der Waals surface area contributed by atoms with Gasteiger partial charge in [0.1, 0.15) is 0 Å². The van der Waals surface area contributed by atoms with E-state index >= 15 is 0 Å². The molecule has 0 aliphatic heterocycles. The minimum atomic E-state index is 0.720. The first kappa shape index (κ1) is 10.5. The van der Waals surface area contributed by atoms with Gasteiger partial charge in [-0.15, -0.1) is 0 Å². The summed E-state index contributed by atoms with van der Waals surface area (Å²) < 4.78 is 0. The SMILES string of the molecule is Cc1ccc(Cl)c(C#CCCS)c1. The fraction of sp³-hybridized carbons (Fsp3) is 0.273. The summed E-state index contributed by atoms with van der Waals surface area (Å²) in [7, 11) is 0. The first-order valence-electron chi connectivity index (χ1n) is 4.10. The smallest absolute Gasteiger partial charge is 0.0562 e. The minimum absolute atomic E-state index is 0.720. The summed E-state index contributed by atoms with van der Waals surface area (Å²) in [6, 6.07) is 5.85. The van der Waals surface area contributed by atoms with Crippen LogP contribution in [0.3, 0.4) is 0 Å². The first-order chi connectivity index (χ1) is 6.24. The Morgan fingerprint density at radius 1 is 1.46 bits per heavy atom. The molecule has 0 nitrogen and oxygen atoms in total. The van der Waals surface area contributed by atoms with Crippen molar-refractivity contribution in [3.8, 4) is 11.8 Å². The third kappa shape index (κ3) is 3.34. The van der Waals surface area contributed by atoms with Crippen LogP contribution in [-0.2, 0) is 0 Å². The van der Waals surface area contributed by atoms with Gasteiger partial charge >= 0.3 is 0 Å². The van der Waals surface area contributed by atoms with E-state index in [0.717, 1.165) is 22.8 Å². The van der Waals surface area contributed by atoms with E-state index < -0.39 is 0 Å². The van der Waals surface area contributed by atoms with Gasteiger partial charge in [0.25, 0.3) is 0 Å². The quantitative estimate of drug-likeness (QED) is 0.534. The molecule has 0 spiro atoms. The Morgan fingerprint density at radius 3 is 2.92 bits per heavy atom. The summed E-state index contributed by atoms with van der Waals surface area (Å²) in [5.41, 5.74) is 2.09. The van der Waals surface area contributed by atoms with Crippen LogP contribution in [0.2, 0.25) is 5.02 Å². The Bertz CT molecular complexity index is 347.